The third-order valence-electron chi connectivity index (χ3n) is 3.56. The molecule has 0 radical (unpaired) electrons. The molecule has 0 aromatic heterocycles. The molecule has 0 unspecified atom stereocenters. The Labute approximate surface area is 114 Å². The summed E-state index contributed by atoms with van der Waals surface area (Å²) >= 11 is 0. The Balaban J connectivity index is 2.90. The first-order valence-electron chi connectivity index (χ1n) is 8.17. The van der Waals surface area contributed by atoms with E-state index in [0.717, 1.165) is 12.8 Å². The molecule has 0 N–H and O–H groups in total. The highest BCUT2D eigenvalue weighted by Crippen LogP contribution is 2.12. The zero-order valence-electron chi connectivity index (χ0n) is 12.4. The van der Waals surface area contributed by atoms with Gasteiger partial charge in [-0.05, 0) is 12.8 Å². The Morgan fingerprint density at radius 3 is 1.39 bits per heavy atom. The molecular formula is C17H33F. The van der Waals surface area contributed by atoms with Crippen molar-refractivity contribution in [2.24, 2.45) is 0 Å². The van der Waals surface area contributed by atoms with E-state index < -0.39 is 0 Å². The molecule has 0 atom stereocenters. The van der Waals surface area contributed by atoms with Crippen molar-refractivity contribution in [1.82, 2.24) is 0 Å². The summed E-state index contributed by atoms with van der Waals surface area (Å²) in [7, 11) is 0. The molecule has 0 aromatic carbocycles. The van der Waals surface area contributed by atoms with Gasteiger partial charge in [0, 0.05) is 0 Å². The third-order valence-corrected chi connectivity index (χ3v) is 3.56. The average Bonchev–Trinajstić information content (AvgIpc) is 2.39. The van der Waals surface area contributed by atoms with Gasteiger partial charge in [0.15, 0.2) is 0 Å². The van der Waals surface area contributed by atoms with Gasteiger partial charge in [-0.25, -0.2) is 4.39 Å². The number of hydrogen-bond acceptors (Lipinski definition) is 0. The fourth-order valence-corrected chi connectivity index (χ4v) is 2.34. The Bertz CT molecular complexity index is 163. The molecule has 18 heavy (non-hydrogen) atoms. The summed E-state index contributed by atoms with van der Waals surface area (Å²) in [5.74, 6) is 0. The molecule has 0 aromatic rings. The lowest BCUT2D eigenvalue weighted by Gasteiger charge is -2.02. The van der Waals surface area contributed by atoms with Crippen LogP contribution in [0.1, 0.15) is 96.8 Å². The number of allylic oxidation sites excluding steroid dienone is 1. The van der Waals surface area contributed by atoms with Crippen molar-refractivity contribution in [1.29, 1.82) is 0 Å². The largest absolute Gasteiger partial charge is 0.216 e. The van der Waals surface area contributed by atoms with Gasteiger partial charge in [-0.15, -0.1) is 0 Å². The van der Waals surface area contributed by atoms with Crippen LogP contribution >= 0.6 is 0 Å². The van der Waals surface area contributed by atoms with E-state index in [2.05, 4.69) is 6.92 Å². The van der Waals surface area contributed by atoms with Crippen LogP contribution in [0, 0.1) is 0 Å². The van der Waals surface area contributed by atoms with Crippen LogP contribution in [0.15, 0.2) is 12.4 Å². The summed E-state index contributed by atoms with van der Waals surface area (Å²) < 4.78 is 11.7. The van der Waals surface area contributed by atoms with E-state index in [4.69, 9.17) is 0 Å². The zero-order valence-corrected chi connectivity index (χ0v) is 12.4. The lowest BCUT2D eigenvalue weighted by atomic mass is 10.0. The van der Waals surface area contributed by atoms with Gasteiger partial charge in [-0.2, -0.15) is 0 Å². The number of unbranched alkanes of at least 4 members (excludes halogenated alkanes) is 13. The Hall–Kier alpha value is -0.330. The van der Waals surface area contributed by atoms with E-state index >= 15 is 0 Å². The summed E-state index contributed by atoms with van der Waals surface area (Å²) in [6.07, 6.45) is 21.1. The first-order valence-corrected chi connectivity index (χ1v) is 8.17. The maximum absolute atomic E-state index is 11.7. The third kappa shape index (κ3) is 15.7. The molecule has 1 heteroatoms. The van der Waals surface area contributed by atoms with Crippen molar-refractivity contribution in [3.05, 3.63) is 12.4 Å². The minimum atomic E-state index is 0.667. The van der Waals surface area contributed by atoms with Crippen LogP contribution in [0.4, 0.5) is 4.39 Å². The standard InChI is InChI=1S/C17H33F/c1-2-3-4-5-6-7-8-9-10-11-12-13-14-15-16-17-18/h16-17H,2-15H2,1H3/b17-16+. The summed E-state index contributed by atoms with van der Waals surface area (Å²) in [5, 5.41) is 0. The van der Waals surface area contributed by atoms with E-state index in [9.17, 15) is 4.39 Å². The molecule has 0 spiro atoms. The fraction of sp³-hybridized carbons (Fsp3) is 0.882. The monoisotopic (exact) mass is 256 g/mol. The summed E-state index contributed by atoms with van der Waals surface area (Å²) in [6, 6.07) is 0. The summed E-state index contributed by atoms with van der Waals surface area (Å²) in [6.45, 7) is 2.27. The van der Waals surface area contributed by atoms with Crippen LogP contribution in [0.3, 0.4) is 0 Å². The molecule has 0 bridgehead atoms. The van der Waals surface area contributed by atoms with Crippen molar-refractivity contribution in [3.8, 4) is 0 Å². The molecule has 0 aliphatic heterocycles. The summed E-state index contributed by atoms with van der Waals surface area (Å²) in [4.78, 5) is 0. The van der Waals surface area contributed by atoms with Crippen molar-refractivity contribution < 1.29 is 4.39 Å². The van der Waals surface area contributed by atoms with Gasteiger partial charge in [0.05, 0.1) is 6.33 Å². The first kappa shape index (κ1) is 17.7. The lowest BCUT2D eigenvalue weighted by molar-refractivity contribution is 0.540. The SMILES string of the molecule is CCCCCCCCCCCCCCC/C=C/F. The molecule has 0 aliphatic rings. The maximum atomic E-state index is 11.7. The zero-order chi connectivity index (χ0) is 13.3. The summed E-state index contributed by atoms with van der Waals surface area (Å²) in [5.41, 5.74) is 0. The van der Waals surface area contributed by atoms with Gasteiger partial charge in [0.1, 0.15) is 0 Å². The topological polar surface area (TPSA) is 0 Å². The fourth-order valence-electron chi connectivity index (χ4n) is 2.34. The maximum Gasteiger partial charge on any atom is 0.0827 e. The molecule has 0 aliphatic carbocycles. The van der Waals surface area contributed by atoms with Gasteiger partial charge >= 0.3 is 0 Å². The van der Waals surface area contributed by atoms with Gasteiger partial charge in [-0.1, -0.05) is 90.0 Å². The van der Waals surface area contributed by atoms with Gasteiger partial charge < -0.3 is 0 Å². The van der Waals surface area contributed by atoms with Gasteiger partial charge in [0.2, 0.25) is 0 Å². The molecule has 0 saturated heterocycles. The van der Waals surface area contributed by atoms with Crippen molar-refractivity contribution in [2.45, 2.75) is 96.8 Å². The number of halogens is 1. The van der Waals surface area contributed by atoms with E-state index in [1.54, 1.807) is 6.08 Å². The quantitative estimate of drug-likeness (QED) is 0.295. The lowest BCUT2D eigenvalue weighted by Crippen LogP contribution is -1.82. The van der Waals surface area contributed by atoms with Crippen LogP contribution in [0.25, 0.3) is 0 Å². The molecule has 0 heterocycles. The van der Waals surface area contributed by atoms with E-state index in [-0.39, 0.29) is 0 Å². The molecule has 108 valence electrons. The molecule has 0 rings (SSSR count). The average molecular weight is 256 g/mol. The second-order valence-electron chi connectivity index (χ2n) is 5.39. The van der Waals surface area contributed by atoms with Crippen LogP contribution in [-0.4, -0.2) is 0 Å². The predicted octanol–water partition coefficient (Wildman–Crippen LogP) is 6.95. The first-order chi connectivity index (χ1) is 8.91. The normalized spacial score (nSPS) is 11.4. The highest BCUT2D eigenvalue weighted by Gasteiger charge is 1.93. The van der Waals surface area contributed by atoms with E-state index in [0.29, 0.717) is 6.33 Å². The van der Waals surface area contributed by atoms with Crippen molar-refractivity contribution >= 4 is 0 Å². The predicted molar refractivity (Wildman–Crippen MR) is 80.6 cm³/mol. The molecule has 0 amide bonds. The van der Waals surface area contributed by atoms with E-state index in [1.165, 1.54) is 77.0 Å². The van der Waals surface area contributed by atoms with Gasteiger partial charge in [-0.3, -0.25) is 0 Å². The Morgan fingerprint density at radius 2 is 1.00 bits per heavy atom. The van der Waals surface area contributed by atoms with E-state index in [1.807, 2.05) is 0 Å². The van der Waals surface area contributed by atoms with Crippen molar-refractivity contribution in [2.75, 3.05) is 0 Å². The second kappa shape index (κ2) is 16.7. The van der Waals surface area contributed by atoms with Gasteiger partial charge in [0.25, 0.3) is 0 Å². The minimum absolute atomic E-state index is 0.667. The van der Waals surface area contributed by atoms with Crippen LogP contribution in [0.5, 0.6) is 0 Å². The smallest absolute Gasteiger partial charge is 0.0827 e. The number of rotatable bonds is 14. The van der Waals surface area contributed by atoms with Crippen LogP contribution in [0.2, 0.25) is 0 Å². The highest BCUT2D eigenvalue weighted by molar-refractivity contribution is 4.71. The van der Waals surface area contributed by atoms with Crippen molar-refractivity contribution in [3.63, 3.8) is 0 Å². The Morgan fingerprint density at radius 1 is 0.611 bits per heavy atom. The van der Waals surface area contributed by atoms with Crippen LogP contribution in [-0.2, 0) is 0 Å². The Kier molecular flexibility index (Phi) is 16.4. The van der Waals surface area contributed by atoms with Crippen LogP contribution < -0.4 is 0 Å². The molecule has 0 fully saturated rings. The molecule has 0 saturated carbocycles. The minimum Gasteiger partial charge on any atom is -0.216 e. The highest BCUT2D eigenvalue weighted by atomic mass is 19.1. The number of hydrogen-bond donors (Lipinski definition) is 0. The molecule has 0 nitrogen and oxygen atoms in total. The molecular weight excluding hydrogens is 223 g/mol. The second-order valence-corrected chi connectivity index (χ2v) is 5.39.